The Labute approximate surface area is 118 Å². The Kier molecular flexibility index (Phi) is 3.84. The van der Waals surface area contributed by atoms with Crippen molar-refractivity contribution in [3.05, 3.63) is 34.1 Å². The van der Waals surface area contributed by atoms with Crippen molar-refractivity contribution in [1.29, 1.82) is 0 Å². The van der Waals surface area contributed by atoms with E-state index >= 15 is 0 Å². The molecule has 7 heteroatoms. The molecule has 5 nitrogen and oxygen atoms in total. The van der Waals surface area contributed by atoms with E-state index in [0.717, 1.165) is 11.3 Å². The zero-order chi connectivity index (χ0) is 14.0. The van der Waals surface area contributed by atoms with E-state index in [9.17, 15) is 4.39 Å². The molecule has 0 saturated heterocycles. The topological polar surface area (TPSA) is 75.9 Å². The molecule has 0 spiro atoms. The van der Waals surface area contributed by atoms with Gasteiger partial charge in [0.05, 0.1) is 4.47 Å². The van der Waals surface area contributed by atoms with E-state index in [2.05, 4.69) is 36.5 Å². The second kappa shape index (κ2) is 5.40. The minimum absolute atomic E-state index is 0.160. The summed E-state index contributed by atoms with van der Waals surface area (Å²) in [7, 11) is 1.74. The van der Waals surface area contributed by atoms with Crippen LogP contribution in [-0.2, 0) is 0 Å². The number of nitrogens with two attached hydrogens (primary N) is 1. The van der Waals surface area contributed by atoms with Gasteiger partial charge in [0.15, 0.2) is 0 Å². The number of halogens is 2. The van der Waals surface area contributed by atoms with Gasteiger partial charge in [0, 0.05) is 18.8 Å². The quantitative estimate of drug-likeness (QED) is 0.808. The number of benzene rings is 1. The Balaban J connectivity index is 2.36. The molecule has 2 aromatic rings. The van der Waals surface area contributed by atoms with Crippen molar-refractivity contribution in [2.75, 3.05) is 23.4 Å². The van der Waals surface area contributed by atoms with Crippen LogP contribution in [0.1, 0.15) is 5.56 Å². The van der Waals surface area contributed by atoms with Crippen LogP contribution in [-0.4, -0.2) is 17.0 Å². The van der Waals surface area contributed by atoms with E-state index in [4.69, 9.17) is 5.73 Å². The largest absolute Gasteiger partial charge is 0.373 e. The summed E-state index contributed by atoms with van der Waals surface area (Å²) in [6, 6.07) is 4.81. The van der Waals surface area contributed by atoms with Crippen molar-refractivity contribution >= 4 is 39.2 Å². The minimum atomic E-state index is -0.304. The van der Waals surface area contributed by atoms with Gasteiger partial charge in [-0.1, -0.05) is 0 Å². The normalized spacial score (nSPS) is 10.3. The van der Waals surface area contributed by atoms with Crippen LogP contribution in [0.2, 0.25) is 0 Å². The highest BCUT2D eigenvalue weighted by Gasteiger charge is 2.07. The average molecular weight is 326 g/mol. The predicted octanol–water partition coefficient (Wildman–Crippen LogP) is 3.05. The van der Waals surface area contributed by atoms with Crippen molar-refractivity contribution in [2.45, 2.75) is 6.92 Å². The number of nitrogens with zero attached hydrogens (tertiary/aromatic N) is 2. The molecule has 0 amide bonds. The molecule has 0 bridgehead atoms. The monoisotopic (exact) mass is 325 g/mol. The first-order valence-electron chi connectivity index (χ1n) is 5.54. The second-order valence-electron chi connectivity index (χ2n) is 3.95. The third-order valence-corrected chi connectivity index (χ3v) is 3.14. The maximum atomic E-state index is 13.4. The highest BCUT2D eigenvalue weighted by Crippen LogP contribution is 2.27. The molecule has 0 aliphatic heterocycles. The standard InChI is InChI=1S/C12H13BrFN5/c1-6-3-8(14)7(13)4-9(6)17-11-5-10(16-2)18-12(15)19-11/h3-5H,1-2H3,(H4,15,16,17,18,19). The first-order chi connectivity index (χ1) is 8.99. The molecule has 0 fully saturated rings. The summed E-state index contributed by atoms with van der Waals surface area (Å²) in [5.41, 5.74) is 7.12. The third kappa shape index (κ3) is 3.11. The van der Waals surface area contributed by atoms with E-state index in [-0.39, 0.29) is 11.8 Å². The fourth-order valence-corrected chi connectivity index (χ4v) is 1.92. The maximum absolute atomic E-state index is 13.4. The van der Waals surface area contributed by atoms with Gasteiger partial charge in [0.25, 0.3) is 0 Å². The lowest BCUT2D eigenvalue weighted by atomic mass is 10.2. The third-order valence-electron chi connectivity index (χ3n) is 2.53. The molecular weight excluding hydrogens is 313 g/mol. The Morgan fingerprint density at radius 2 is 1.89 bits per heavy atom. The number of rotatable bonds is 3. The zero-order valence-electron chi connectivity index (χ0n) is 10.5. The average Bonchev–Trinajstić information content (AvgIpc) is 2.35. The van der Waals surface area contributed by atoms with Crippen LogP contribution >= 0.6 is 15.9 Å². The Bertz CT molecular complexity index is 617. The van der Waals surface area contributed by atoms with Crippen LogP contribution in [0.4, 0.5) is 27.7 Å². The number of nitrogens with one attached hydrogen (secondary N) is 2. The van der Waals surface area contributed by atoms with Gasteiger partial charge in [0.2, 0.25) is 5.95 Å². The Morgan fingerprint density at radius 1 is 1.21 bits per heavy atom. The highest BCUT2D eigenvalue weighted by molar-refractivity contribution is 9.10. The van der Waals surface area contributed by atoms with Gasteiger partial charge in [0.1, 0.15) is 17.5 Å². The van der Waals surface area contributed by atoms with Crippen LogP contribution < -0.4 is 16.4 Å². The molecule has 1 aromatic heterocycles. The Morgan fingerprint density at radius 3 is 2.58 bits per heavy atom. The van der Waals surface area contributed by atoms with Crippen LogP contribution in [0.25, 0.3) is 0 Å². The number of aryl methyl sites for hydroxylation is 1. The van der Waals surface area contributed by atoms with Crippen molar-refractivity contribution in [3.63, 3.8) is 0 Å². The molecule has 0 saturated carbocycles. The van der Waals surface area contributed by atoms with Crippen molar-refractivity contribution in [3.8, 4) is 0 Å². The molecule has 1 aromatic carbocycles. The lowest BCUT2D eigenvalue weighted by Crippen LogP contribution is -2.04. The minimum Gasteiger partial charge on any atom is -0.373 e. The van der Waals surface area contributed by atoms with E-state index < -0.39 is 0 Å². The lowest BCUT2D eigenvalue weighted by molar-refractivity contribution is 0.620. The van der Waals surface area contributed by atoms with E-state index in [0.29, 0.717) is 16.1 Å². The van der Waals surface area contributed by atoms with Crippen molar-refractivity contribution in [2.24, 2.45) is 0 Å². The number of hydrogen-bond acceptors (Lipinski definition) is 5. The molecule has 1 heterocycles. The Hall–Kier alpha value is -1.89. The SMILES string of the molecule is CNc1cc(Nc2cc(Br)c(F)cc2C)nc(N)n1. The van der Waals surface area contributed by atoms with Crippen molar-refractivity contribution in [1.82, 2.24) is 9.97 Å². The predicted molar refractivity (Wildman–Crippen MR) is 78.1 cm³/mol. The number of aromatic nitrogens is 2. The van der Waals surface area contributed by atoms with Gasteiger partial charge >= 0.3 is 0 Å². The van der Waals surface area contributed by atoms with Gasteiger partial charge in [-0.15, -0.1) is 0 Å². The smallest absolute Gasteiger partial charge is 0.223 e. The molecule has 0 aliphatic carbocycles. The fourth-order valence-electron chi connectivity index (χ4n) is 1.58. The van der Waals surface area contributed by atoms with E-state index in [1.54, 1.807) is 26.1 Å². The fraction of sp³-hybridized carbons (Fsp3) is 0.167. The maximum Gasteiger partial charge on any atom is 0.223 e. The van der Waals surface area contributed by atoms with Crippen LogP contribution in [0.3, 0.4) is 0 Å². The van der Waals surface area contributed by atoms with Gasteiger partial charge < -0.3 is 16.4 Å². The molecule has 4 N–H and O–H groups in total. The summed E-state index contributed by atoms with van der Waals surface area (Å²) in [6.07, 6.45) is 0. The van der Waals surface area contributed by atoms with Crippen LogP contribution in [0.5, 0.6) is 0 Å². The summed E-state index contributed by atoms with van der Waals surface area (Å²) < 4.78 is 13.7. The van der Waals surface area contributed by atoms with Gasteiger partial charge in [-0.3, -0.25) is 0 Å². The summed E-state index contributed by atoms with van der Waals surface area (Å²) >= 11 is 3.15. The summed E-state index contributed by atoms with van der Waals surface area (Å²) in [6.45, 7) is 1.81. The van der Waals surface area contributed by atoms with Gasteiger partial charge in [-0.05, 0) is 40.5 Å². The van der Waals surface area contributed by atoms with E-state index in [1.807, 2.05) is 0 Å². The molecule has 0 aliphatic rings. The molecule has 2 rings (SSSR count). The molecule has 0 unspecified atom stereocenters. The van der Waals surface area contributed by atoms with Gasteiger partial charge in [-0.2, -0.15) is 9.97 Å². The highest BCUT2D eigenvalue weighted by atomic mass is 79.9. The van der Waals surface area contributed by atoms with Gasteiger partial charge in [-0.25, -0.2) is 4.39 Å². The molecule has 100 valence electrons. The second-order valence-corrected chi connectivity index (χ2v) is 4.81. The summed E-state index contributed by atoms with van der Waals surface area (Å²) in [4.78, 5) is 8.07. The first kappa shape index (κ1) is 13.5. The summed E-state index contributed by atoms with van der Waals surface area (Å²) in [5.74, 6) is 1.00. The number of nitrogen functional groups attached to an aromatic ring is 1. The van der Waals surface area contributed by atoms with Crippen molar-refractivity contribution < 1.29 is 4.39 Å². The zero-order valence-corrected chi connectivity index (χ0v) is 12.0. The van der Waals surface area contributed by atoms with Crippen LogP contribution in [0, 0.1) is 12.7 Å². The first-order valence-corrected chi connectivity index (χ1v) is 6.34. The van der Waals surface area contributed by atoms with E-state index in [1.165, 1.54) is 6.07 Å². The molecule has 0 radical (unpaired) electrons. The number of hydrogen-bond donors (Lipinski definition) is 3. The lowest BCUT2D eigenvalue weighted by Gasteiger charge is -2.11. The van der Waals surface area contributed by atoms with Crippen LogP contribution in [0.15, 0.2) is 22.7 Å². The molecular formula is C12H13BrFN5. The molecule has 19 heavy (non-hydrogen) atoms. The number of anilines is 4. The molecule has 0 atom stereocenters. The summed E-state index contributed by atoms with van der Waals surface area (Å²) in [5, 5.41) is 5.98.